The van der Waals surface area contributed by atoms with E-state index in [1.807, 2.05) is 42.7 Å². The summed E-state index contributed by atoms with van der Waals surface area (Å²) in [6, 6.07) is 9.12. The van der Waals surface area contributed by atoms with Crippen LogP contribution in [0, 0.1) is 17.2 Å². The SMILES string of the molecule is CC(C)C(C(=O)NN)n1c(CC#N)nc2ccccc21. The second kappa shape index (κ2) is 5.72. The number of aromatic nitrogens is 2. The first kappa shape index (κ1) is 14.0. The maximum Gasteiger partial charge on any atom is 0.257 e. The van der Waals surface area contributed by atoms with E-state index in [-0.39, 0.29) is 18.2 Å². The average Bonchev–Trinajstić information content (AvgIpc) is 2.77. The van der Waals surface area contributed by atoms with Gasteiger partial charge in [0.25, 0.3) is 5.91 Å². The Morgan fingerprint density at radius 2 is 2.20 bits per heavy atom. The van der Waals surface area contributed by atoms with Gasteiger partial charge in [0.15, 0.2) is 0 Å². The minimum Gasteiger partial charge on any atom is -0.314 e. The summed E-state index contributed by atoms with van der Waals surface area (Å²) in [5, 5.41) is 8.96. The summed E-state index contributed by atoms with van der Waals surface area (Å²) < 4.78 is 1.81. The highest BCUT2D eigenvalue weighted by Crippen LogP contribution is 2.26. The number of nitriles is 1. The van der Waals surface area contributed by atoms with E-state index >= 15 is 0 Å². The molecule has 0 radical (unpaired) electrons. The molecule has 0 saturated heterocycles. The summed E-state index contributed by atoms with van der Waals surface area (Å²) >= 11 is 0. The molecule has 0 spiro atoms. The topological polar surface area (TPSA) is 96.7 Å². The summed E-state index contributed by atoms with van der Waals surface area (Å²) in [4.78, 5) is 16.5. The summed E-state index contributed by atoms with van der Waals surface area (Å²) in [6.45, 7) is 3.87. The minimum atomic E-state index is -0.490. The Morgan fingerprint density at radius 3 is 2.80 bits per heavy atom. The maximum absolute atomic E-state index is 12.1. The lowest BCUT2D eigenvalue weighted by molar-refractivity contribution is -0.125. The molecule has 6 heteroatoms. The van der Waals surface area contributed by atoms with E-state index in [4.69, 9.17) is 11.1 Å². The second-order valence-electron chi connectivity index (χ2n) is 4.92. The fourth-order valence-electron chi connectivity index (χ4n) is 2.40. The Bertz CT molecular complexity index is 668. The van der Waals surface area contributed by atoms with E-state index in [1.165, 1.54) is 0 Å². The summed E-state index contributed by atoms with van der Waals surface area (Å²) in [5.41, 5.74) is 3.80. The van der Waals surface area contributed by atoms with Crippen LogP contribution in [0.15, 0.2) is 24.3 Å². The standard InChI is InChI=1S/C14H17N5O/c1-9(2)13(14(20)18-16)19-11-6-4-3-5-10(11)17-12(19)7-8-15/h3-6,9,13H,7,16H2,1-2H3,(H,18,20). The molecule has 1 unspecified atom stereocenters. The number of hydrazine groups is 1. The van der Waals surface area contributed by atoms with Gasteiger partial charge in [0.2, 0.25) is 0 Å². The number of fused-ring (bicyclic) bond motifs is 1. The highest BCUT2D eigenvalue weighted by Gasteiger charge is 2.27. The van der Waals surface area contributed by atoms with Crippen molar-refractivity contribution in [1.82, 2.24) is 15.0 Å². The number of nitrogens with zero attached hydrogens (tertiary/aromatic N) is 3. The molecule has 1 atom stereocenters. The van der Waals surface area contributed by atoms with Crippen LogP contribution >= 0.6 is 0 Å². The van der Waals surface area contributed by atoms with E-state index in [0.717, 1.165) is 11.0 Å². The molecular weight excluding hydrogens is 254 g/mol. The van der Waals surface area contributed by atoms with Gasteiger partial charge in [-0.15, -0.1) is 0 Å². The highest BCUT2D eigenvalue weighted by molar-refractivity contribution is 5.84. The molecule has 20 heavy (non-hydrogen) atoms. The highest BCUT2D eigenvalue weighted by atomic mass is 16.2. The second-order valence-corrected chi connectivity index (χ2v) is 4.92. The van der Waals surface area contributed by atoms with Crippen LogP contribution in [0.4, 0.5) is 0 Å². The first-order valence-corrected chi connectivity index (χ1v) is 6.43. The molecule has 3 N–H and O–H groups in total. The molecule has 1 aromatic heterocycles. The fraction of sp³-hybridized carbons (Fsp3) is 0.357. The van der Waals surface area contributed by atoms with Crippen LogP contribution in [-0.4, -0.2) is 15.5 Å². The molecule has 1 amide bonds. The van der Waals surface area contributed by atoms with Crippen LogP contribution in [0.5, 0.6) is 0 Å². The fourth-order valence-corrected chi connectivity index (χ4v) is 2.40. The molecule has 2 aromatic rings. The lowest BCUT2D eigenvalue weighted by atomic mass is 10.0. The molecule has 1 heterocycles. The molecule has 1 aromatic carbocycles. The van der Waals surface area contributed by atoms with Gasteiger partial charge >= 0.3 is 0 Å². The molecule has 0 aliphatic heterocycles. The van der Waals surface area contributed by atoms with Crippen LogP contribution < -0.4 is 11.3 Å². The molecule has 0 fully saturated rings. The molecular formula is C14H17N5O. The first-order chi connectivity index (χ1) is 9.60. The summed E-state index contributed by atoms with van der Waals surface area (Å²) in [6.07, 6.45) is 0.149. The van der Waals surface area contributed by atoms with Crippen molar-refractivity contribution in [3.8, 4) is 6.07 Å². The monoisotopic (exact) mass is 271 g/mol. The van der Waals surface area contributed by atoms with Crippen LogP contribution in [0.2, 0.25) is 0 Å². The van der Waals surface area contributed by atoms with E-state index in [9.17, 15) is 4.79 Å². The normalized spacial score (nSPS) is 12.3. The van der Waals surface area contributed by atoms with Gasteiger partial charge in [0, 0.05) is 0 Å². The van der Waals surface area contributed by atoms with Crippen molar-refractivity contribution >= 4 is 16.9 Å². The van der Waals surface area contributed by atoms with Gasteiger partial charge in [0.1, 0.15) is 11.9 Å². The van der Waals surface area contributed by atoms with Crippen molar-refractivity contribution in [1.29, 1.82) is 5.26 Å². The molecule has 0 bridgehead atoms. The van der Waals surface area contributed by atoms with Crippen molar-refractivity contribution in [3.05, 3.63) is 30.1 Å². The van der Waals surface area contributed by atoms with Crippen LogP contribution in [0.1, 0.15) is 25.7 Å². The van der Waals surface area contributed by atoms with Crippen molar-refractivity contribution in [2.45, 2.75) is 26.3 Å². The summed E-state index contributed by atoms with van der Waals surface area (Å²) in [5.74, 6) is 5.60. The number of imidazole rings is 1. The van der Waals surface area contributed by atoms with Crippen LogP contribution in [0.3, 0.4) is 0 Å². The predicted octanol–water partition coefficient (Wildman–Crippen LogP) is 1.29. The lowest BCUT2D eigenvalue weighted by Crippen LogP contribution is -2.39. The molecule has 0 aliphatic rings. The molecule has 0 saturated carbocycles. The largest absolute Gasteiger partial charge is 0.314 e. The molecule has 0 aliphatic carbocycles. The average molecular weight is 271 g/mol. The van der Waals surface area contributed by atoms with Gasteiger partial charge in [-0.2, -0.15) is 5.26 Å². The zero-order valence-electron chi connectivity index (χ0n) is 11.5. The van der Waals surface area contributed by atoms with Gasteiger partial charge in [-0.3, -0.25) is 10.2 Å². The number of rotatable bonds is 4. The smallest absolute Gasteiger partial charge is 0.257 e. The summed E-state index contributed by atoms with van der Waals surface area (Å²) in [7, 11) is 0. The number of nitrogens with two attached hydrogens (primary N) is 1. The van der Waals surface area contributed by atoms with Crippen LogP contribution in [-0.2, 0) is 11.2 Å². The van der Waals surface area contributed by atoms with Crippen LogP contribution in [0.25, 0.3) is 11.0 Å². The van der Waals surface area contributed by atoms with E-state index in [0.29, 0.717) is 5.82 Å². The number of amides is 1. The number of nitrogens with one attached hydrogen (secondary N) is 1. The lowest BCUT2D eigenvalue weighted by Gasteiger charge is -2.23. The van der Waals surface area contributed by atoms with Crippen molar-refractivity contribution < 1.29 is 4.79 Å². The molecule has 2 rings (SSSR count). The first-order valence-electron chi connectivity index (χ1n) is 6.43. The number of benzene rings is 1. The predicted molar refractivity (Wildman–Crippen MR) is 75.3 cm³/mol. The number of carbonyl (C=O) groups is 1. The van der Waals surface area contributed by atoms with Gasteiger partial charge in [0.05, 0.1) is 23.5 Å². The van der Waals surface area contributed by atoms with E-state index in [2.05, 4.69) is 16.5 Å². The number of hydrogen-bond donors (Lipinski definition) is 2. The maximum atomic E-state index is 12.1. The third-order valence-electron chi connectivity index (χ3n) is 3.23. The van der Waals surface area contributed by atoms with E-state index in [1.54, 1.807) is 0 Å². The van der Waals surface area contributed by atoms with E-state index < -0.39 is 6.04 Å². The van der Waals surface area contributed by atoms with Crippen molar-refractivity contribution in [3.63, 3.8) is 0 Å². The quantitative estimate of drug-likeness (QED) is 0.497. The van der Waals surface area contributed by atoms with Crippen molar-refractivity contribution in [2.75, 3.05) is 0 Å². The minimum absolute atomic E-state index is 0.0219. The van der Waals surface area contributed by atoms with Gasteiger partial charge in [-0.05, 0) is 18.1 Å². The zero-order valence-corrected chi connectivity index (χ0v) is 11.5. The zero-order chi connectivity index (χ0) is 14.7. The number of para-hydroxylation sites is 2. The van der Waals surface area contributed by atoms with Crippen molar-refractivity contribution in [2.24, 2.45) is 11.8 Å². The molecule has 104 valence electrons. The van der Waals surface area contributed by atoms with Gasteiger partial charge < -0.3 is 4.57 Å². The number of hydrogen-bond acceptors (Lipinski definition) is 4. The third kappa shape index (κ3) is 2.36. The number of carbonyl (C=O) groups excluding carboxylic acids is 1. The molecule has 6 nitrogen and oxygen atoms in total. The Hall–Kier alpha value is -2.39. The van der Waals surface area contributed by atoms with Gasteiger partial charge in [-0.25, -0.2) is 10.8 Å². The Labute approximate surface area is 117 Å². The van der Waals surface area contributed by atoms with Gasteiger partial charge in [-0.1, -0.05) is 26.0 Å². The Morgan fingerprint density at radius 1 is 1.50 bits per heavy atom. The Kier molecular flexibility index (Phi) is 4.01. The third-order valence-corrected chi connectivity index (χ3v) is 3.23. The Balaban J connectivity index is 2.68.